The highest BCUT2D eigenvalue weighted by Gasteiger charge is 2.46. The van der Waals surface area contributed by atoms with E-state index in [4.69, 9.17) is 0 Å². The monoisotopic (exact) mass is 384 g/mol. The van der Waals surface area contributed by atoms with Crippen LogP contribution in [0.4, 0.5) is 18.9 Å². The lowest BCUT2D eigenvalue weighted by Crippen LogP contribution is -2.29. The smallest absolute Gasteiger partial charge is 0.330 e. The van der Waals surface area contributed by atoms with Crippen molar-refractivity contribution in [3.8, 4) is 0 Å². The molecule has 2 aromatic rings. The molecule has 1 heterocycles. The minimum atomic E-state index is -5.45. The van der Waals surface area contributed by atoms with Gasteiger partial charge < -0.3 is 4.90 Å². The number of carbonyl (C=O) groups is 1. The van der Waals surface area contributed by atoms with Crippen LogP contribution in [-0.4, -0.2) is 24.7 Å². The van der Waals surface area contributed by atoms with Gasteiger partial charge in [-0.2, -0.15) is 21.6 Å². The highest BCUT2D eigenvalue weighted by atomic mass is 32.2. The molecular formula is C17H15F3N2O3S. The van der Waals surface area contributed by atoms with Gasteiger partial charge in [-0.15, -0.1) is 0 Å². The van der Waals surface area contributed by atoms with Crippen molar-refractivity contribution in [2.75, 3.05) is 4.72 Å². The lowest BCUT2D eigenvalue weighted by atomic mass is 10.1. The summed E-state index contributed by atoms with van der Waals surface area (Å²) in [5.41, 5.74) is -2.33. The lowest BCUT2D eigenvalue weighted by molar-refractivity contribution is -0.0429. The lowest BCUT2D eigenvalue weighted by Gasteiger charge is -2.16. The average molecular weight is 384 g/mol. The number of halogens is 3. The summed E-state index contributed by atoms with van der Waals surface area (Å²) < 4.78 is 60.8. The first kappa shape index (κ1) is 18.2. The van der Waals surface area contributed by atoms with E-state index in [0.717, 1.165) is 11.1 Å². The fourth-order valence-electron chi connectivity index (χ4n) is 2.71. The number of alkyl halides is 3. The molecule has 0 aliphatic carbocycles. The van der Waals surface area contributed by atoms with Crippen LogP contribution in [0.15, 0.2) is 42.5 Å². The molecule has 0 saturated carbocycles. The number of hydrogen-bond acceptors (Lipinski definition) is 3. The number of hydrogen-bond donors (Lipinski definition) is 1. The van der Waals surface area contributed by atoms with Crippen LogP contribution in [-0.2, 0) is 23.1 Å². The third-order valence-electron chi connectivity index (χ3n) is 4.03. The van der Waals surface area contributed by atoms with Crippen LogP contribution in [0.3, 0.4) is 0 Å². The second kappa shape index (κ2) is 6.31. The summed E-state index contributed by atoms with van der Waals surface area (Å²) >= 11 is 0. The summed E-state index contributed by atoms with van der Waals surface area (Å²) in [4.78, 5) is 14.1. The fourth-order valence-corrected chi connectivity index (χ4v) is 3.28. The van der Waals surface area contributed by atoms with E-state index in [-0.39, 0.29) is 18.1 Å². The highest BCUT2D eigenvalue weighted by molar-refractivity contribution is 7.93. The molecule has 0 bridgehead atoms. The maximum absolute atomic E-state index is 12.4. The number of nitrogens with zero attached hydrogens (tertiary/aromatic N) is 1. The molecule has 0 unspecified atom stereocenters. The van der Waals surface area contributed by atoms with E-state index in [1.165, 1.54) is 29.0 Å². The number of nitrogens with one attached hydrogen (secondary N) is 1. The van der Waals surface area contributed by atoms with Crippen molar-refractivity contribution in [1.82, 2.24) is 4.90 Å². The molecule has 0 atom stereocenters. The molecule has 0 saturated heterocycles. The van der Waals surface area contributed by atoms with Gasteiger partial charge in [0.05, 0.1) is 0 Å². The van der Waals surface area contributed by atoms with Gasteiger partial charge in [0.1, 0.15) is 0 Å². The number of benzene rings is 2. The number of anilines is 1. The van der Waals surface area contributed by atoms with Crippen LogP contribution in [0.1, 0.15) is 27.0 Å². The number of carbonyl (C=O) groups excluding carboxylic acids is 1. The zero-order chi connectivity index (χ0) is 19.1. The third kappa shape index (κ3) is 3.52. The first-order valence-electron chi connectivity index (χ1n) is 7.64. The van der Waals surface area contributed by atoms with Crippen LogP contribution >= 0.6 is 0 Å². The van der Waals surface area contributed by atoms with Gasteiger partial charge in [-0.25, -0.2) is 0 Å². The van der Waals surface area contributed by atoms with Gasteiger partial charge in [-0.05, 0) is 36.2 Å². The van der Waals surface area contributed by atoms with Crippen molar-refractivity contribution < 1.29 is 26.4 Å². The summed E-state index contributed by atoms with van der Waals surface area (Å²) in [5.74, 6) is -0.106. The summed E-state index contributed by atoms with van der Waals surface area (Å²) in [6.45, 7) is 2.63. The van der Waals surface area contributed by atoms with E-state index in [2.05, 4.69) is 0 Å². The van der Waals surface area contributed by atoms with Crippen LogP contribution in [0.2, 0.25) is 0 Å². The quantitative estimate of drug-likeness (QED) is 0.879. The summed E-state index contributed by atoms with van der Waals surface area (Å²) in [7, 11) is -5.45. The predicted molar refractivity (Wildman–Crippen MR) is 89.8 cm³/mol. The first-order chi connectivity index (χ1) is 12.1. The van der Waals surface area contributed by atoms with Crippen LogP contribution in [0.5, 0.6) is 0 Å². The number of fused-ring (bicyclic) bond motifs is 1. The SMILES string of the molecule is Cc1ccc2c(c1)C(=O)N(Cc1ccc(NS(=O)(=O)C(F)(F)F)cc1)C2. The Morgan fingerprint density at radius 3 is 2.38 bits per heavy atom. The molecule has 26 heavy (non-hydrogen) atoms. The summed E-state index contributed by atoms with van der Waals surface area (Å²) in [5, 5.41) is 0. The Labute approximate surface area is 148 Å². The second-order valence-electron chi connectivity index (χ2n) is 6.07. The van der Waals surface area contributed by atoms with E-state index in [1.807, 2.05) is 25.1 Å². The van der Waals surface area contributed by atoms with Gasteiger partial charge in [0, 0.05) is 24.3 Å². The van der Waals surface area contributed by atoms with Gasteiger partial charge in [-0.1, -0.05) is 29.8 Å². The normalized spacial score (nSPS) is 14.5. The van der Waals surface area contributed by atoms with E-state index < -0.39 is 15.5 Å². The molecule has 3 rings (SSSR count). The largest absolute Gasteiger partial charge is 0.516 e. The first-order valence-corrected chi connectivity index (χ1v) is 9.12. The predicted octanol–water partition coefficient (Wildman–Crippen LogP) is 3.41. The Bertz CT molecular complexity index is 954. The van der Waals surface area contributed by atoms with Crippen LogP contribution in [0.25, 0.3) is 0 Å². The van der Waals surface area contributed by atoms with Crippen molar-refractivity contribution in [2.45, 2.75) is 25.5 Å². The zero-order valence-corrected chi connectivity index (χ0v) is 14.5. The standard InChI is InChI=1S/C17H15F3N2O3S/c1-11-2-5-13-10-22(16(23)15(13)8-11)9-12-3-6-14(7-4-12)21-26(24,25)17(18,19)20/h2-8,21H,9-10H2,1H3. The Morgan fingerprint density at radius 1 is 1.12 bits per heavy atom. The van der Waals surface area contributed by atoms with Gasteiger partial charge in [-0.3, -0.25) is 9.52 Å². The van der Waals surface area contributed by atoms with Crippen LogP contribution < -0.4 is 4.72 Å². The maximum Gasteiger partial charge on any atom is 0.516 e. The van der Waals surface area contributed by atoms with E-state index in [1.54, 1.807) is 4.90 Å². The molecule has 5 nitrogen and oxygen atoms in total. The van der Waals surface area contributed by atoms with Gasteiger partial charge in [0.2, 0.25) is 0 Å². The molecule has 0 radical (unpaired) electrons. The third-order valence-corrected chi connectivity index (χ3v) is 5.14. The molecule has 138 valence electrons. The Balaban J connectivity index is 1.70. The average Bonchev–Trinajstić information content (AvgIpc) is 2.84. The van der Waals surface area contributed by atoms with E-state index in [9.17, 15) is 26.4 Å². The molecule has 1 aliphatic heterocycles. The van der Waals surface area contributed by atoms with Crippen molar-refractivity contribution in [3.63, 3.8) is 0 Å². The number of aryl methyl sites for hydroxylation is 1. The number of amides is 1. The summed E-state index contributed by atoms with van der Waals surface area (Å²) in [6.07, 6.45) is 0. The molecule has 1 N–H and O–H groups in total. The minimum absolute atomic E-state index is 0.106. The molecule has 0 spiro atoms. The summed E-state index contributed by atoms with van der Waals surface area (Å²) in [6, 6.07) is 11.1. The molecule has 9 heteroatoms. The molecule has 1 amide bonds. The van der Waals surface area contributed by atoms with Crippen LogP contribution in [0, 0.1) is 6.92 Å². The van der Waals surface area contributed by atoms with Crippen molar-refractivity contribution >= 4 is 21.6 Å². The van der Waals surface area contributed by atoms with Crippen molar-refractivity contribution in [2.24, 2.45) is 0 Å². The number of rotatable bonds is 4. The Kier molecular flexibility index (Phi) is 4.43. The fraction of sp³-hybridized carbons (Fsp3) is 0.235. The Hall–Kier alpha value is -2.55. The molecule has 2 aromatic carbocycles. The molecule has 0 fully saturated rings. The second-order valence-corrected chi connectivity index (χ2v) is 7.74. The van der Waals surface area contributed by atoms with Gasteiger partial charge in [0.25, 0.3) is 5.91 Å². The van der Waals surface area contributed by atoms with Gasteiger partial charge in [0.15, 0.2) is 0 Å². The zero-order valence-electron chi connectivity index (χ0n) is 13.7. The Morgan fingerprint density at radius 2 is 1.77 bits per heavy atom. The molecule has 0 aromatic heterocycles. The minimum Gasteiger partial charge on any atom is -0.330 e. The van der Waals surface area contributed by atoms with Crippen molar-refractivity contribution in [1.29, 1.82) is 0 Å². The number of sulfonamides is 1. The molecular weight excluding hydrogens is 369 g/mol. The molecule has 1 aliphatic rings. The van der Waals surface area contributed by atoms with E-state index in [0.29, 0.717) is 17.7 Å². The highest BCUT2D eigenvalue weighted by Crippen LogP contribution is 2.27. The van der Waals surface area contributed by atoms with Crippen molar-refractivity contribution in [3.05, 3.63) is 64.7 Å². The topological polar surface area (TPSA) is 66.5 Å². The maximum atomic E-state index is 12.4. The van der Waals surface area contributed by atoms with E-state index >= 15 is 0 Å². The van der Waals surface area contributed by atoms with Gasteiger partial charge >= 0.3 is 15.5 Å².